The van der Waals surface area contributed by atoms with Crippen LogP contribution in [0.4, 0.5) is 10.5 Å². The smallest absolute Gasteiger partial charge is 0.317 e. The summed E-state index contributed by atoms with van der Waals surface area (Å²) < 4.78 is 11.5. The zero-order valence-corrected chi connectivity index (χ0v) is 16.7. The van der Waals surface area contributed by atoms with Crippen molar-refractivity contribution in [3.8, 4) is 11.5 Å². The molecule has 0 unspecified atom stereocenters. The molecule has 1 fully saturated rings. The summed E-state index contributed by atoms with van der Waals surface area (Å²) in [6.07, 6.45) is 0. The number of ether oxygens (including phenoxy) is 2. The maximum absolute atomic E-state index is 12.4. The van der Waals surface area contributed by atoms with Crippen LogP contribution in [-0.4, -0.2) is 56.9 Å². The van der Waals surface area contributed by atoms with Crippen LogP contribution in [-0.2, 0) is 0 Å². The summed E-state index contributed by atoms with van der Waals surface area (Å²) >= 11 is 0. The monoisotopic (exact) mass is 383 g/mol. The third-order valence-corrected chi connectivity index (χ3v) is 4.80. The lowest BCUT2D eigenvalue weighted by Crippen LogP contribution is -2.52. The molecule has 0 saturated carbocycles. The first-order chi connectivity index (χ1) is 13.7. The van der Waals surface area contributed by atoms with Gasteiger partial charge >= 0.3 is 6.03 Å². The topological polar surface area (TPSA) is 54.0 Å². The lowest BCUT2D eigenvalue weighted by molar-refractivity contribution is 0.191. The second-order valence-electron chi connectivity index (χ2n) is 6.72. The number of carbonyl (C=O) groups excluding carboxylic acids is 1. The minimum atomic E-state index is -0.0360. The van der Waals surface area contributed by atoms with Crippen LogP contribution in [0.5, 0.6) is 11.5 Å². The van der Waals surface area contributed by atoms with Crippen molar-refractivity contribution in [2.24, 2.45) is 0 Å². The molecule has 2 amide bonds. The molecule has 0 bridgehead atoms. The van der Waals surface area contributed by atoms with Crippen LogP contribution in [0.25, 0.3) is 0 Å². The molecule has 1 heterocycles. The largest absolute Gasteiger partial charge is 0.492 e. The average Bonchev–Trinajstić information content (AvgIpc) is 2.73. The lowest BCUT2D eigenvalue weighted by Gasteiger charge is -2.36. The maximum atomic E-state index is 12.4. The maximum Gasteiger partial charge on any atom is 0.317 e. The molecule has 6 heteroatoms. The Labute approximate surface area is 167 Å². The third kappa shape index (κ3) is 5.09. The fourth-order valence-corrected chi connectivity index (χ4v) is 3.30. The van der Waals surface area contributed by atoms with Crippen molar-refractivity contribution in [2.45, 2.75) is 13.8 Å². The highest BCUT2D eigenvalue weighted by molar-refractivity contribution is 5.74. The first-order valence-corrected chi connectivity index (χ1v) is 9.87. The molecule has 6 nitrogen and oxygen atoms in total. The van der Waals surface area contributed by atoms with Crippen molar-refractivity contribution in [2.75, 3.05) is 50.8 Å². The molecular formula is C22H29N3O3. The van der Waals surface area contributed by atoms with Gasteiger partial charge in [-0.2, -0.15) is 0 Å². The van der Waals surface area contributed by atoms with Gasteiger partial charge in [0.25, 0.3) is 0 Å². The summed E-state index contributed by atoms with van der Waals surface area (Å²) in [7, 11) is 0. The number of hydrogen-bond acceptors (Lipinski definition) is 4. The van der Waals surface area contributed by atoms with E-state index < -0.39 is 0 Å². The number of amides is 2. The molecule has 28 heavy (non-hydrogen) atoms. The third-order valence-electron chi connectivity index (χ3n) is 4.80. The lowest BCUT2D eigenvalue weighted by atomic mass is 10.2. The Morgan fingerprint density at radius 2 is 1.64 bits per heavy atom. The van der Waals surface area contributed by atoms with Gasteiger partial charge in [0.15, 0.2) is 0 Å². The number of piperazine rings is 1. The normalized spacial score (nSPS) is 13.9. The van der Waals surface area contributed by atoms with Crippen LogP contribution in [0.2, 0.25) is 0 Å². The predicted molar refractivity (Wildman–Crippen MR) is 111 cm³/mol. The highest BCUT2D eigenvalue weighted by Gasteiger charge is 2.22. The number of carbonyl (C=O) groups is 1. The summed E-state index contributed by atoms with van der Waals surface area (Å²) in [4.78, 5) is 16.5. The minimum absolute atomic E-state index is 0.0360. The Hall–Kier alpha value is -2.89. The van der Waals surface area contributed by atoms with E-state index in [-0.39, 0.29) is 6.03 Å². The van der Waals surface area contributed by atoms with Crippen LogP contribution >= 0.6 is 0 Å². The van der Waals surface area contributed by atoms with E-state index in [2.05, 4.69) is 16.3 Å². The molecule has 1 N–H and O–H groups in total. The molecule has 3 rings (SSSR count). The summed E-state index contributed by atoms with van der Waals surface area (Å²) in [5.74, 6) is 1.76. The zero-order chi connectivity index (χ0) is 19.8. The van der Waals surface area contributed by atoms with Gasteiger partial charge in [-0.1, -0.05) is 30.3 Å². The fourth-order valence-electron chi connectivity index (χ4n) is 3.30. The SMILES string of the molecule is CCOc1ccccc1N1CCN(C(=O)NCCOc2ccccc2C)CC1. The second kappa shape index (κ2) is 9.88. The van der Waals surface area contributed by atoms with E-state index in [0.717, 1.165) is 35.8 Å². The quantitative estimate of drug-likeness (QED) is 0.746. The van der Waals surface area contributed by atoms with E-state index >= 15 is 0 Å². The number of nitrogens with one attached hydrogen (secondary N) is 1. The van der Waals surface area contributed by atoms with Crippen LogP contribution in [0, 0.1) is 6.92 Å². The average molecular weight is 383 g/mol. The van der Waals surface area contributed by atoms with Crippen molar-refractivity contribution in [3.63, 3.8) is 0 Å². The highest BCUT2D eigenvalue weighted by atomic mass is 16.5. The molecule has 1 aliphatic rings. The molecule has 2 aromatic rings. The van der Waals surface area contributed by atoms with Gasteiger partial charge in [-0.15, -0.1) is 0 Å². The van der Waals surface area contributed by atoms with Crippen LogP contribution < -0.4 is 19.7 Å². The zero-order valence-electron chi connectivity index (χ0n) is 16.7. The fraction of sp³-hybridized carbons (Fsp3) is 0.409. The molecule has 0 radical (unpaired) electrons. The Balaban J connectivity index is 1.42. The van der Waals surface area contributed by atoms with E-state index in [0.29, 0.717) is 32.8 Å². The standard InChI is InChI=1S/C22H29N3O3/c1-3-27-21-11-7-5-9-19(21)24-13-15-25(16-14-24)22(26)23-12-17-28-20-10-6-4-8-18(20)2/h4-11H,3,12-17H2,1-2H3,(H,23,26). The number of anilines is 1. The summed E-state index contributed by atoms with van der Waals surface area (Å²) in [6.45, 7) is 8.53. The van der Waals surface area contributed by atoms with Crippen molar-refractivity contribution >= 4 is 11.7 Å². The first-order valence-electron chi connectivity index (χ1n) is 9.87. The van der Waals surface area contributed by atoms with Gasteiger partial charge in [0, 0.05) is 26.2 Å². The van der Waals surface area contributed by atoms with E-state index in [9.17, 15) is 4.79 Å². The van der Waals surface area contributed by atoms with Crippen LogP contribution in [0.1, 0.15) is 12.5 Å². The van der Waals surface area contributed by atoms with Gasteiger partial charge in [-0.3, -0.25) is 0 Å². The van der Waals surface area contributed by atoms with Crippen molar-refractivity contribution in [3.05, 3.63) is 54.1 Å². The number of hydrogen-bond donors (Lipinski definition) is 1. The van der Waals surface area contributed by atoms with E-state index in [4.69, 9.17) is 9.47 Å². The molecule has 0 aromatic heterocycles. The molecule has 2 aromatic carbocycles. The van der Waals surface area contributed by atoms with Crippen LogP contribution in [0.3, 0.4) is 0 Å². The van der Waals surface area contributed by atoms with Gasteiger partial charge in [-0.05, 0) is 37.6 Å². The second-order valence-corrected chi connectivity index (χ2v) is 6.72. The van der Waals surface area contributed by atoms with Gasteiger partial charge in [0.05, 0.1) is 18.8 Å². The Kier molecular flexibility index (Phi) is 7.00. The number of benzene rings is 2. The van der Waals surface area contributed by atoms with E-state index in [1.165, 1.54) is 0 Å². The van der Waals surface area contributed by atoms with Crippen molar-refractivity contribution < 1.29 is 14.3 Å². The molecule has 1 aliphatic heterocycles. The molecule has 1 saturated heterocycles. The van der Waals surface area contributed by atoms with Crippen LogP contribution in [0.15, 0.2) is 48.5 Å². The van der Waals surface area contributed by atoms with Crippen molar-refractivity contribution in [1.82, 2.24) is 10.2 Å². The number of aryl methyl sites for hydroxylation is 1. The first kappa shape index (κ1) is 19.9. The van der Waals surface area contributed by atoms with Gasteiger partial charge < -0.3 is 24.6 Å². The number of urea groups is 1. The molecule has 0 atom stereocenters. The number of para-hydroxylation sites is 3. The number of nitrogens with zero attached hydrogens (tertiary/aromatic N) is 2. The minimum Gasteiger partial charge on any atom is -0.492 e. The van der Waals surface area contributed by atoms with E-state index in [1.807, 2.05) is 61.2 Å². The summed E-state index contributed by atoms with van der Waals surface area (Å²) in [5.41, 5.74) is 2.19. The molecule has 0 aliphatic carbocycles. The van der Waals surface area contributed by atoms with E-state index in [1.54, 1.807) is 0 Å². The summed E-state index contributed by atoms with van der Waals surface area (Å²) in [5, 5.41) is 2.95. The Morgan fingerprint density at radius 3 is 2.36 bits per heavy atom. The molecule has 150 valence electrons. The molecule has 0 spiro atoms. The van der Waals surface area contributed by atoms with Gasteiger partial charge in [0.2, 0.25) is 0 Å². The predicted octanol–water partition coefficient (Wildman–Crippen LogP) is 3.30. The summed E-state index contributed by atoms with van der Waals surface area (Å²) in [6, 6.07) is 15.9. The number of rotatable bonds is 7. The highest BCUT2D eigenvalue weighted by Crippen LogP contribution is 2.28. The molecular weight excluding hydrogens is 354 g/mol. The van der Waals surface area contributed by atoms with Gasteiger partial charge in [-0.25, -0.2) is 4.79 Å². The Bertz CT molecular complexity index is 773. The van der Waals surface area contributed by atoms with Crippen molar-refractivity contribution in [1.29, 1.82) is 0 Å². The van der Waals surface area contributed by atoms with Gasteiger partial charge in [0.1, 0.15) is 18.1 Å². The Morgan fingerprint density at radius 1 is 0.964 bits per heavy atom.